The van der Waals surface area contributed by atoms with Crippen molar-refractivity contribution in [2.24, 2.45) is 0 Å². The molecule has 0 spiro atoms. The number of hydrogen-bond donors (Lipinski definition) is 0. The van der Waals surface area contributed by atoms with Gasteiger partial charge in [0.2, 0.25) is 0 Å². The van der Waals surface area contributed by atoms with Gasteiger partial charge in [0, 0.05) is 30.3 Å². The highest BCUT2D eigenvalue weighted by atomic mass is 16.5. The van der Waals surface area contributed by atoms with Gasteiger partial charge in [-0.25, -0.2) is 15.0 Å². The molecule has 1 saturated heterocycles. The van der Waals surface area contributed by atoms with Crippen molar-refractivity contribution in [2.75, 3.05) is 24.6 Å². The lowest BCUT2D eigenvalue weighted by atomic mass is 10.2. The summed E-state index contributed by atoms with van der Waals surface area (Å²) in [5.74, 6) is 1.61. The molecule has 2 aromatic heterocycles. The van der Waals surface area contributed by atoms with Crippen molar-refractivity contribution in [1.29, 1.82) is 0 Å². The zero-order chi connectivity index (χ0) is 13.9. The number of morpholine rings is 1. The number of nitrogens with zero attached hydrogens (tertiary/aromatic N) is 5. The van der Waals surface area contributed by atoms with Gasteiger partial charge in [-0.05, 0) is 19.9 Å². The molecule has 6 heteroatoms. The Balaban J connectivity index is 1.81. The summed E-state index contributed by atoms with van der Waals surface area (Å²) in [4.78, 5) is 19.6. The third-order valence-corrected chi connectivity index (χ3v) is 3.23. The van der Waals surface area contributed by atoms with E-state index in [0.29, 0.717) is 13.2 Å². The van der Waals surface area contributed by atoms with E-state index in [1.54, 1.807) is 18.6 Å². The highest BCUT2D eigenvalue weighted by molar-refractivity contribution is 5.36. The van der Waals surface area contributed by atoms with Gasteiger partial charge >= 0.3 is 0 Å². The van der Waals surface area contributed by atoms with Crippen molar-refractivity contribution in [1.82, 2.24) is 19.9 Å². The Bertz CT molecular complexity index is 569. The van der Waals surface area contributed by atoms with Gasteiger partial charge in [0.15, 0.2) is 5.82 Å². The number of aromatic nitrogens is 4. The molecule has 104 valence electrons. The van der Waals surface area contributed by atoms with Crippen molar-refractivity contribution >= 4 is 5.82 Å². The van der Waals surface area contributed by atoms with Crippen molar-refractivity contribution < 1.29 is 4.74 Å². The normalized spacial score (nSPS) is 19.1. The number of rotatable bonds is 2. The Morgan fingerprint density at radius 1 is 1.20 bits per heavy atom. The van der Waals surface area contributed by atoms with E-state index in [-0.39, 0.29) is 6.10 Å². The van der Waals surface area contributed by atoms with Crippen LogP contribution in [0.5, 0.6) is 0 Å². The van der Waals surface area contributed by atoms with Crippen LogP contribution in [0.25, 0.3) is 0 Å². The molecule has 0 aliphatic carbocycles. The molecular weight excluding hydrogens is 254 g/mol. The summed E-state index contributed by atoms with van der Waals surface area (Å²) in [6.07, 6.45) is 5.02. The molecule has 3 rings (SSSR count). The molecule has 3 heterocycles. The minimum absolute atomic E-state index is 0.121. The molecular formula is C14H17N5O. The molecule has 0 bridgehead atoms. The molecule has 0 aromatic carbocycles. The average molecular weight is 271 g/mol. The first-order valence-electron chi connectivity index (χ1n) is 6.67. The molecule has 0 saturated carbocycles. The van der Waals surface area contributed by atoms with E-state index in [9.17, 15) is 0 Å². The first-order chi connectivity index (χ1) is 9.72. The topological polar surface area (TPSA) is 64.0 Å². The summed E-state index contributed by atoms with van der Waals surface area (Å²) >= 11 is 0. The largest absolute Gasteiger partial charge is 0.367 e. The molecule has 1 atom stereocenters. The van der Waals surface area contributed by atoms with E-state index >= 15 is 0 Å². The van der Waals surface area contributed by atoms with E-state index in [0.717, 1.165) is 29.6 Å². The minimum Gasteiger partial charge on any atom is -0.367 e. The summed E-state index contributed by atoms with van der Waals surface area (Å²) in [5, 5.41) is 0. The van der Waals surface area contributed by atoms with Crippen molar-refractivity contribution in [3.8, 4) is 0 Å². The fraction of sp³-hybridized carbons (Fsp3) is 0.429. The van der Waals surface area contributed by atoms with Crippen LogP contribution in [0.3, 0.4) is 0 Å². The van der Waals surface area contributed by atoms with E-state index in [2.05, 4.69) is 24.8 Å². The molecule has 1 fully saturated rings. The Kier molecular flexibility index (Phi) is 3.56. The zero-order valence-electron chi connectivity index (χ0n) is 11.7. The third kappa shape index (κ3) is 2.75. The summed E-state index contributed by atoms with van der Waals surface area (Å²) in [5.41, 5.74) is 1.93. The fourth-order valence-corrected chi connectivity index (χ4v) is 2.37. The number of hydrogen-bond acceptors (Lipinski definition) is 6. The third-order valence-electron chi connectivity index (χ3n) is 3.23. The van der Waals surface area contributed by atoms with Gasteiger partial charge in [-0.2, -0.15) is 0 Å². The maximum absolute atomic E-state index is 5.81. The number of aryl methyl sites for hydroxylation is 2. The Labute approximate surface area is 117 Å². The standard InChI is InChI=1S/C14H17N5O/c1-10-7-11(2)18-14(17-10)12-9-19(5-6-20-12)13-8-15-3-4-16-13/h3-4,7-8,12H,5-6,9H2,1-2H3. The van der Waals surface area contributed by atoms with Crippen LogP contribution in [0.1, 0.15) is 23.3 Å². The first-order valence-corrected chi connectivity index (χ1v) is 6.67. The Morgan fingerprint density at radius 2 is 2.00 bits per heavy atom. The fourth-order valence-electron chi connectivity index (χ4n) is 2.37. The van der Waals surface area contributed by atoms with E-state index in [1.165, 1.54) is 0 Å². The molecule has 2 aromatic rings. The van der Waals surface area contributed by atoms with E-state index in [4.69, 9.17) is 4.74 Å². The molecule has 0 radical (unpaired) electrons. The van der Waals surface area contributed by atoms with E-state index in [1.807, 2.05) is 19.9 Å². The molecule has 1 aliphatic rings. The van der Waals surface area contributed by atoms with Gasteiger partial charge in [-0.15, -0.1) is 0 Å². The molecule has 1 unspecified atom stereocenters. The van der Waals surface area contributed by atoms with Crippen LogP contribution in [0.15, 0.2) is 24.7 Å². The summed E-state index contributed by atoms with van der Waals surface area (Å²) < 4.78 is 5.81. The lowest BCUT2D eigenvalue weighted by Crippen LogP contribution is -2.39. The first kappa shape index (κ1) is 12.9. The predicted molar refractivity (Wildman–Crippen MR) is 74.4 cm³/mol. The zero-order valence-corrected chi connectivity index (χ0v) is 11.7. The van der Waals surface area contributed by atoms with Crippen LogP contribution in [0, 0.1) is 13.8 Å². The Hall–Kier alpha value is -2.08. The Morgan fingerprint density at radius 3 is 2.70 bits per heavy atom. The molecule has 0 N–H and O–H groups in total. The van der Waals surface area contributed by atoms with Gasteiger partial charge in [0.1, 0.15) is 11.9 Å². The van der Waals surface area contributed by atoms with Gasteiger partial charge in [0.05, 0.1) is 19.3 Å². The van der Waals surface area contributed by atoms with Crippen molar-refractivity contribution in [2.45, 2.75) is 20.0 Å². The maximum atomic E-state index is 5.81. The van der Waals surface area contributed by atoms with Crippen LogP contribution in [0.2, 0.25) is 0 Å². The van der Waals surface area contributed by atoms with Crippen molar-refractivity contribution in [3.63, 3.8) is 0 Å². The summed E-state index contributed by atoms with van der Waals surface area (Å²) in [6, 6.07) is 1.97. The van der Waals surface area contributed by atoms with Crippen LogP contribution < -0.4 is 4.90 Å². The van der Waals surface area contributed by atoms with Crippen LogP contribution in [0.4, 0.5) is 5.82 Å². The monoisotopic (exact) mass is 271 g/mol. The van der Waals surface area contributed by atoms with Gasteiger partial charge < -0.3 is 9.64 Å². The van der Waals surface area contributed by atoms with Crippen LogP contribution >= 0.6 is 0 Å². The van der Waals surface area contributed by atoms with Gasteiger partial charge in [0.25, 0.3) is 0 Å². The lowest BCUT2D eigenvalue weighted by molar-refractivity contribution is 0.0335. The number of ether oxygens (including phenoxy) is 1. The molecule has 0 amide bonds. The quantitative estimate of drug-likeness (QED) is 0.824. The number of anilines is 1. The molecule has 20 heavy (non-hydrogen) atoms. The predicted octanol–water partition coefficient (Wildman–Crippen LogP) is 1.46. The van der Waals surface area contributed by atoms with Crippen LogP contribution in [-0.2, 0) is 4.74 Å². The maximum Gasteiger partial charge on any atom is 0.159 e. The highest BCUT2D eigenvalue weighted by Crippen LogP contribution is 2.22. The van der Waals surface area contributed by atoms with E-state index < -0.39 is 0 Å². The molecule has 6 nitrogen and oxygen atoms in total. The lowest BCUT2D eigenvalue weighted by Gasteiger charge is -2.32. The van der Waals surface area contributed by atoms with Gasteiger partial charge in [-0.1, -0.05) is 0 Å². The second-order valence-corrected chi connectivity index (χ2v) is 4.88. The smallest absolute Gasteiger partial charge is 0.159 e. The second-order valence-electron chi connectivity index (χ2n) is 4.88. The summed E-state index contributed by atoms with van der Waals surface area (Å²) in [7, 11) is 0. The van der Waals surface area contributed by atoms with Crippen molar-refractivity contribution in [3.05, 3.63) is 41.9 Å². The van der Waals surface area contributed by atoms with Gasteiger partial charge in [-0.3, -0.25) is 4.98 Å². The molecule has 1 aliphatic heterocycles. The summed E-state index contributed by atoms with van der Waals surface area (Å²) in [6.45, 7) is 6.09. The second kappa shape index (κ2) is 5.50. The van der Waals surface area contributed by atoms with Crippen LogP contribution in [-0.4, -0.2) is 39.6 Å². The average Bonchev–Trinajstić information content (AvgIpc) is 2.47. The highest BCUT2D eigenvalue weighted by Gasteiger charge is 2.25. The minimum atomic E-state index is -0.121. The SMILES string of the molecule is Cc1cc(C)nc(C2CN(c3cnccn3)CCO2)n1.